The van der Waals surface area contributed by atoms with Crippen molar-refractivity contribution in [2.75, 3.05) is 11.9 Å². The molecule has 0 saturated carbocycles. The van der Waals surface area contributed by atoms with E-state index in [9.17, 15) is 9.59 Å². The van der Waals surface area contributed by atoms with E-state index in [1.165, 1.54) is 11.3 Å². The maximum atomic E-state index is 12.7. The molecule has 2 aromatic carbocycles. The zero-order valence-electron chi connectivity index (χ0n) is 15.1. The van der Waals surface area contributed by atoms with E-state index >= 15 is 0 Å². The fraction of sp³-hybridized carbons (Fsp3) is 0.150. The Bertz CT molecular complexity index is 1220. The number of carbonyl (C=O) groups is 2. The number of thiazole rings is 1. The van der Waals surface area contributed by atoms with Gasteiger partial charge in [-0.3, -0.25) is 9.59 Å². The number of anilines is 1. The molecule has 0 bridgehead atoms. The van der Waals surface area contributed by atoms with Gasteiger partial charge in [0, 0.05) is 6.54 Å². The number of rotatable bonds is 5. The molecule has 1 aliphatic heterocycles. The third-order valence-electron chi connectivity index (χ3n) is 4.66. The van der Waals surface area contributed by atoms with E-state index in [0.29, 0.717) is 13.0 Å². The Labute approximate surface area is 169 Å². The molecule has 1 amide bonds. The van der Waals surface area contributed by atoms with Gasteiger partial charge >= 0.3 is 6.01 Å². The van der Waals surface area contributed by atoms with E-state index in [4.69, 9.17) is 4.42 Å². The minimum absolute atomic E-state index is 0.0443. The first-order valence-corrected chi connectivity index (χ1v) is 9.87. The molecule has 8 nitrogen and oxygen atoms in total. The second-order valence-electron chi connectivity index (χ2n) is 6.59. The molecule has 3 heterocycles. The van der Waals surface area contributed by atoms with Crippen LogP contribution in [-0.4, -0.2) is 39.5 Å². The van der Waals surface area contributed by atoms with Crippen molar-refractivity contribution in [2.24, 2.45) is 0 Å². The number of hydrogen-bond acceptors (Lipinski definition) is 8. The Morgan fingerprint density at radius 1 is 1.14 bits per heavy atom. The summed E-state index contributed by atoms with van der Waals surface area (Å²) in [6.07, 6.45) is 0.617. The van der Waals surface area contributed by atoms with Crippen LogP contribution in [0.1, 0.15) is 22.1 Å². The van der Waals surface area contributed by atoms with Gasteiger partial charge in [0.05, 0.1) is 10.2 Å². The lowest BCUT2D eigenvalue weighted by Gasteiger charge is -2.05. The lowest BCUT2D eigenvalue weighted by atomic mass is 10.1. The summed E-state index contributed by atoms with van der Waals surface area (Å²) in [5.41, 5.74) is 2.89. The number of fused-ring (bicyclic) bond motifs is 1. The average molecular weight is 405 g/mol. The summed E-state index contributed by atoms with van der Waals surface area (Å²) in [6.45, 7) is 0.590. The fourth-order valence-electron chi connectivity index (χ4n) is 3.18. The Morgan fingerprint density at radius 3 is 2.79 bits per heavy atom. The first-order valence-electron chi connectivity index (χ1n) is 9.06. The van der Waals surface area contributed by atoms with Gasteiger partial charge in [0.1, 0.15) is 6.04 Å². The largest absolute Gasteiger partial charge is 0.400 e. The van der Waals surface area contributed by atoms with Crippen LogP contribution < -0.4 is 10.6 Å². The summed E-state index contributed by atoms with van der Waals surface area (Å²) < 4.78 is 6.30. The minimum atomic E-state index is -0.441. The minimum Gasteiger partial charge on any atom is -0.400 e. The molecular weight excluding hydrogens is 390 g/mol. The van der Waals surface area contributed by atoms with Gasteiger partial charge in [-0.15, -0.1) is 16.4 Å². The summed E-state index contributed by atoms with van der Waals surface area (Å²) in [4.78, 5) is 28.8. The maximum Gasteiger partial charge on any atom is 0.316 e. The predicted octanol–water partition coefficient (Wildman–Crippen LogP) is 2.88. The molecule has 1 aliphatic rings. The highest BCUT2D eigenvalue weighted by molar-refractivity contribution is 7.20. The summed E-state index contributed by atoms with van der Waals surface area (Å²) >= 11 is 1.28. The molecule has 2 N–H and O–H groups in total. The number of carbonyl (C=O) groups excluding carboxylic acids is 2. The number of amides is 1. The van der Waals surface area contributed by atoms with Crippen molar-refractivity contribution >= 4 is 39.3 Å². The number of aromatic nitrogens is 3. The lowest BCUT2D eigenvalue weighted by molar-refractivity contribution is -0.119. The highest BCUT2D eigenvalue weighted by atomic mass is 32.1. The van der Waals surface area contributed by atoms with E-state index in [0.717, 1.165) is 21.3 Å². The quantitative estimate of drug-likeness (QED) is 0.491. The summed E-state index contributed by atoms with van der Waals surface area (Å²) in [7, 11) is 0. The first-order chi connectivity index (χ1) is 14.2. The average Bonchev–Trinajstić information content (AvgIpc) is 3.48. The molecule has 2 aromatic heterocycles. The second-order valence-corrected chi connectivity index (χ2v) is 7.62. The molecule has 1 atom stereocenters. The van der Waals surface area contributed by atoms with Crippen LogP contribution in [0.25, 0.3) is 21.3 Å². The molecule has 0 radical (unpaired) electrons. The zero-order valence-corrected chi connectivity index (χ0v) is 15.9. The molecule has 4 aromatic rings. The van der Waals surface area contributed by atoms with Crippen LogP contribution >= 0.6 is 11.3 Å². The van der Waals surface area contributed by atoms with Gasteiger partial charge in [0.15, 0.2) is 5.01 Å². The Balaban J connectivity index is 1.39. The van der Waals surface area contributed by atoms with Gasteiger partial charge < -0.3 is 15.1 Å². The maximum absolute atomic E-state index is 12.7. The molecule has 0 aliphatic carbocycles. The van der Waals surface area contributed by atoms with Crippen LogP contribution in [0.5, 0.6) is 0 Å². The number of nitrogens with one attached hydrogen (secondary N) is 2. The predicted molar refractivity (Wildman–Crippen MR) is 108 cm³/mol. The Kier molecular flexibility index (Phi) is 4.28. The number of benzene rings is 2. The van der Waals surface area contributed by atoms with Crippen LogP contribution in [0.3, 0.4) is 0 Å². The van der Waals surface area contributed by atoms with Gasteiger partial charge in [0.25, 0.3) is 11.7 Å². The molecule has 9 heteroatoms. The van der Waals surface area contributed by atoms with E-state index in [-0.39, 0.29) is 22.8 Å². The lowest BCUT2D eigenvalue weighted by Crippen LogP contribution is -2.29. The fourth-order valence-corrected chi connectivity index (χ4v) is 4.11. The molecule has 0 spiro atoms. The van der Waals surface area contributed by atoms with Crippen LogP contribution in [0.4, 0.5) is 6.01 Å². The van der Waals surface area contributed by atoms with Crippen molar-refractivity contribution in [3.63, 3.8) is 0 Å². The van der Waals surface area contributed by atoms with E-state index in [2.05, 4.69) is 25.8 Å². The molecule has 29 heavy (non-hydrogen) atoms. The van der Waals surface area contributed by atoms with Gasteiger partial charge in [-0.05, 0) is 29.7 Å². The standard InChI is InChI=1S/C20H15N5O3S/c26-16(18-24-25-20(28-18)23-14-8-9-21-17(14)27)19-22-13-7-6-12(10-15(13)29-19)11-4-2-1-3-5-11/h1-7,10,14H,8-9H2,(H,21,27)(H,23,25). The van der Waals surface area contributed by atoms with Crippen molar-refractivity contribution in [1.29, 1.82) is 0 Å². The molecule has 144 valence electrons. The SMILES string of the molecule is O=C(c1nnc(NC2CCNC2=O)o1)c1nc2ccc(-c3ccccc3)cc2s1. The molecule has 1 saturated heterocycles. The van der Waals surface area contributed by atoms with Crippen LogP contribution in [0.15, 0.2) is 52.9 Å². The molecular formula is C20H15N5O3S. The van der Waals surface area contributed by atoms with Crippen molar-refractivity contribution in [2.45, 2.75) is 12.5 Å². The van der Waals surface area contributed by atoms with Crippen LogP contribution in [0, 0.1) is 0 Å². The third kappa shape index (κ3) is 3.36. The highest BCUT2D eigenvalue weighted by Crippen LogP contribution is 2.29. The van der Waals surface area contributed by atoms with Gasteiger partial charge in [-0.2, -0.15) is 0 Å². The van der Waals surface area contributed by atoms with Gasteiger partial charge in [-0.25, -0.2) is 4.98 Å². The topological polar surface area (TPSA) is 110 Å². The first kappa shape index (κ1) is 17.5. The van der Waals surface area contributed by atoms with Gasteiger partial charge in [-0.1, -0.05) is 41.5 Å². The zero-order chi connectivity index (χ0) is 19.8. The smallest absolute Gasteiger partial charge is 0.316 e. The number of hydrogen-bond donors (Lipinski definition) is 2. The van der Waals surface area contributed by atoms with E-state index in [1.54, 1.807) is 0 Å². The van der Waals surface area contributed by atoms with Crippen LogP contribution in [-0.2, 0) is 4.79 Å². The van der Waals surface area contributed by atoms with E-state index in [1.807, 2.05) is 48.5 Å². The monoisotopic (exact) mass is 405 g/mol. The van der Waals surface area contributed by atoms with Crippen LogP contribution in [0.2, 0.25) is 0 Å². The summed E-state index contributed by atoms with van der Waals surface area (Å²) in [5, 5.41) is 13.5. The Hall–Kier alpha value is -3.59. The molecule has 1 unspecified atom stereocenters. The van der Waals surface area contributed by atoms with Crippen molar-refractivity contribution < 1.29 is 14.0 Å². The molecule has 1 fully saturated rings. The van der Waals surface area contributed by atoms with Gasteiger partial charge in [0.2, 0.25) is 5.91 Å². The third-order valence-corrected chi connectivity index (χ3v) is 5.67. The summed E-state index contributed by atoms with van der Waals surface area (Å²) in [5.74, 6) is -0.728. The molecule has 5 rings (SSSR count). The van der Waals surface area contributed by atoms with E-state index < -0.39 is 11.8 Å². The second kappa shape index (κ2) is 7.10. The normalized spacial score (nSPS) is 16.1. The highest BCUT2D eigenvalue weighted by Gasteiger charge is 2.27. The Morgan fingerprint density at radius 2 is 2.00 bits per heavy atom. The van der Waals surface area contributed by atoms with Crippen molar-refractivity contribution in [3.05, 3.63) is 59.4 Å². The number of ketones is 1. The summed E-state index contributed by atoms with van der Waals surface area (Å²) in [6, 6.07) is 15.5. The van der Waals surface area contributed by atoms with Crippen molar-refractivity contribution in [1.82, 2.24) is 20.5 Å². The van der Waals surface area contributed by atoms with Crippen molar-refractivity contribution in [3.8, 4) is 11.1 Å². The number of nitrogens with zero attached hydrogens (tertiary/aromatic N) is 3.